The number of hydrogen-bond donors (Lipinski definition) is 0. The average molecular weight is 170 g/mol. The molecule has 0 radical (unpaired) electrons. The number of alkyl halides is 1. The van der Waals surface area contributed by atoms with E-state index in [2.05, 4.69) is 6.92 Å². The minimum absolute atomic E-state index is 0. The summed E-state index contributed by atoms with van der Waals surface area (Å²) in [5.41, 5.74) is 0. The van der Waals surface area contributed by atoms with E-state index in [-0.39, 0.29) is 20.4 Å². The first-order valence-electron chi connectivity index (χ1n) is 0.767. The summed E-state index contributed by atoms with van der Waals surface area (Å²) in [6.07, 6.45) is 0. The molecule has 0 bridgehead atoms. The van der Waals surface area contributed by atoms with Gasteiger partial charge in [0, 0.05) is 20.4 Å². The van der Waals surface area contributed by atoms with E-state index in [0.29, 0.717) is 5.88 Å². The van der Waals surface area contributed by atoms with Crippen LogP contribution < -0.4 is 0 Å². The zero-order valence-corrected chi connectivity index (χ0v) is 4.42. The minimum Gasteiger partial charge on any atom is -0.329 e. The van der Waals surface area contributed by atoms with Crippen LogP contribution in [0.15, 0.2) is 0 Å². The second kappa shape index (κ2) is 9.04. The van der Waals surface area contributed by atoms with Crippen molar-refractivity contribution < 1.29 is 20.4 Å². The molecule has 0 amide bonds. The zero-order valence-electron chi connectivity index (χ0n) is 2.11. The Morgan fingerprint density at radius 1 is 1.75 bits per heavy atom. The van der Waals surface area contributed by atoms with Crippen LogP contribution in [0.4, 0.5) is 0 Å². The molecule has 0 heterocycles. The molecular formula is C2H4ClPd-. The van der Waals surface area contributed by atoms with Gasteiger partial charge in [-0.05, 0) is 0 Å². The Bertz CT molecular complexity index is 6.00. The quantitative estimate of drug-likeness (QED) is 0.289. The van der Waals surface area contributed by atoms with Gasteiger partial charge in [0.25, 0.3) is 0 Å². The molecule has 0 aromatic heterocycles. The molecular weight excluding hydrogens is 166 g/mol. The first kappa shape index (κ1) is 8.88. The smallest absolute Gasteiger partial charge is 0 e. The average Bonchev–Trinajstić information content (AvgIpc) is 0.918. The van der Waals surface area contributed by atoms with Crippen LogP contribution in [0.2, 0.25) is 0 Å². The van der Waals surface area contributed by atoms with Gasteiger partial charge in [-0.2, -0.15) is 11.6 Å². The predicted molar refractivity (Wildman–Crippen MR) is 16.1 cm³/mol. The standard InChI is InChI=1S/C2H4Cl.Pd/c1-2-3;/h1-2H2;/q-1;. The molecule has 0 aliphatic rings. The van der Waals surface area contributed by atoms with Gasteiger partial charge in [0.1, 0.15) is 0 Å². The van der Waals surface area contributed by atoms with Crippen LogP contribution in [0, 0.1) is 6.92 Å². The van der Waals surface area contributed by atoms with Crippen LogP contribution in [0.25, 0.3) is 0 Å². The van der Waals surface area contributed by atoms with Gasteiger partial charge in [-0.15, -0.1) is 5.88 Å². The fraction of sp³-hybridized carbons (Fsp3) is 0.500. The van der Waals surface area contributed by atoms with Crippen molar-refractivity contribution in [2.45, 2.75) is 0 Å². The fourth-order valence-corrected chi connectivity index (χ4v) is 0. The Labute approximate surface area is 45.2 Å². The summed E-state index contributed by atoms with van der Waals surface area (Å²) < 4.78 is 0. The summed E-state index contributed by atoms with van der Waals surface area (Å²) >= 11 is 4.89. The third kappa shape index (κ3) is 12.4. The summed E-state index contributed by atoms with van der Waals surface area (Å²) in [7, 11) is 0. The van der Waals surface area contributed by atoms with Crippen LogP contribution in [0.1, 0.15) is 0 Å². The van der Waals surface area contributed by atoms with Gasteiger partial charge in [0.15, 0.2) is 0 Å². The van der Waals surface area contributed by atoms with Crippen LogP contribution >= 0.6 is 11.6 Å². The van der Waals surface area contributed by atoms with Crippen LogP contribution in [-0.4, -0.2) is 5.88 Å². The van der Waals surface area contributed by atoms with Gasteiger partial charge in [-0.1, -0.05) is 0 Å². The van der Waals surface area contributed by atoms with Crippen LogP contribution in [-0.2, 0) is 20.4 Å². The van der Waals surface area contributed by atoms with Gasteiger partial charge in [0.2, 0.25) is 0 Å². The van der Waals surface area contributed by atoms with Gasteiger partial charge >= 0.3 is 0 Å². The number of halogens is 1. The molecule has 0 aromatic carbocycles. The Balaban J connectivity index is 0. The van der Waals surface area contributed by atoms with Crippen molar-refractivity contribution in [3.8, 4) is 0 Å². The topological polar surface area (TPSA) is 0 Å². The maximum atomic E-state index is 4.89. The van der Waals surface area contributed by atoms with Crippen LogP contribution in [0.5, 0.6) is 0 Å². The molecule has 0 aliphatic carbocycles. The molecule has 0 saturated carbocycles. The van der Waals surface area contributed by atoms with Crippen molar-refractivity contribution in [2.24, 2.45) is 0 Å². The van der Waals surface area contributed by atoms with E-state index in [1.54, 1.807) is 0 Å². The second-order valence-corrected chi connectivity index (χ2v) is 0.567. The molecule has 0 rings (SSSR count). The molecule has 0 saturated heterocycles. The van der Waals surface area contributed by atoms with Crippen molar-refractivity contribution >= 4 is 11.6 Å². The Hall–Kier alpha value is 0.952. The summed E-state index contributed by atoms with van der Waals surface area (Å²) in [6, 6.07) is 0. The molecule has 2 heteroatoms. The van der Waals surface area contributed by atoms with Gasteiger partial charge in [-0.25, -0.2) is 0 Å². The summed E-state index contributed by atoms with van der Waals surface area (Å²) in [5.74, 6) is 0.472. The van der Waals surface area contributed by atoms with E-state index >= 15 is 0 Å². The first-order chi connectivity index (χ1) is 1.41. The normalized spacial score (nSPS) is 4.50. The molecule has 0 spiro atoms. The molecule has 0 nitrogen and oxygen atoms in total. The maximum absolute atomic E-state index is 4.89. The molecule has 0 N–H and O–H groups in total. The van der Waals surface area contributed by atoms with Crippen LogP contribution in [0.3, 0.4) is 0 Å². The van der Waals surface area contributed by atoms with E-state index in [4.69, 9.17) is 11.6 Å². The zero-order chi connectivity index (χ0) is 2.71. The Kier molecular flexibility index (Phi) is 20.1. The van der Waals surface area contributed by atoms with Crippen molar-refractivity contribution in [1.29, 1.82) is 0 Å². The van der Waals surface area contributed by atoms with E-state index in [1.165, 1.54) is 0 Å². The molecule has 0 fully saturated rings. The number of rotatable bonds is 0. The van der Waals surface area contributed by atoms with E-state index in [1.807, 2.05) is 0 Å². The van der Waals surface area contributed by atoms with E-state index < -0.39 is 0 Å². The Morgan fingerprint density at radius 3 is 1.75 bits per heavy atom. The Morgan fingerprint density at radius 2 is 1.75 bits per heavy atom. The summed E-state index contributed by atoms with van der Waals surface area (Å²) in [5, 5.41) is 0. The molecule has 0 aliphatic heterocycles. The van der Waals surface area contributed by atoms with Gasteiger partial charge in [-0.3, -0.25) is 0 Å². The van der Waals surface area contributed by atoms with Crippen molar-refractivity contribution in [3.63, 3.8) is 0 Å². The van der Waals surface area contributed by atoms with Crippen molar-refractivity contribution in [2.75, 3.05) is 5.88 Å². The van der Waals surface area contributed by atoms with E-state index in [0.717, 1.165) is 0 Å². The molecule has 30 valence electrons. The summed E-state index contributed by atoms with van der Waals surface area (Å²) in [6.45, 7) is 3.25. The molecule has 0 atom stereocenters. The third-order valence-electron chi connectivity index (χ3n) is 0. The molecule has 4 heavy (non-hydrogen) atoms. The largest absolute Gasteiger partial charge is 0.329 e. The first-order valence-corrected chi connectivity index (χ1v) is 1.30. The molecule has 0 aromatic rings. The minimum atomic E-state index is 0. The number of hydrogen-bond acceptors (Lipinski definition) is 0. The van der Waals surface area contributed by atoms with Crippen molar-refractivity contribution in [3.05, 3.63) is 6.92 Å². The van der Waals surface area contributed by atoms with E-state index in [9.17, 15) is 0 Å². The monoisotopic (exact) mass is 169 g/mol. The van der Waals surface area contributed by atoms with Crippen molar-refractivity contribution in [1.82, 2.24) is 0 Å². The molecule has 0 unspecified atom stereocenters. The summed E-state index contributed by atoms with van der Waals surface area (Å²) in [4.78, 5) is 0. The second-order valence-electron chi connectivity index (χ2n) is 0.189. The maximum Gasteiger partial charge on any atom is 0 e. The predicted octanol–water partition coefficient (Wildman–Crippen LogP) is 1.06. The third-order valence-corrected chi connectivity index (χ3v) is 0. The SMILES string of the molecule is [CH2-]CCl.[Pd]. The van der Waals surface area contributed by atoms with Gasteiger partial charge in [0.05, 0.1) is 0 Å². The van der Waals surface area contributed by atoms with Gasteiger partial charge < -0.3 is 6.92 Å². The fourth-order valence-electron chi connectivity index (χ4n) is 0.